The van der Waals surface area contributed by atoms with Crippen molar-refractivity contribution in [3.05, 3.63) is 40.6 Å². The standard InChI is InChI=1S/C15H17NO4S/c1-18-11-5-3-6-12(14(11)19-2)20-9-8-16-15(17)13-7-4-10-21-13/h3-7,10H,8-9H2,1-2H3,(H,16,17). The van der Waals surface area contributed by atoms with Crippen LogP contribution in [0.5, 0.6) is 17.2 Å². The van der Waals surface area contributed by atoms with Gasteiger partial charge in [-0.3, -0.25) is 4.79 Å². The SMILES string of the molecule is COc1cccc(OCCNC(=O)c2cccs2)c1OC. The molecule has 6 heteroatoms. The summed E-state index contributed by atoms with van der Waals surface area (Å²) in [5.41, 5.74) is 0. The zero-order chi connectivity index (χ0) is 15.1. The zero-order valence-electron chi connectivity index (χ0n) is 11.9. The Balaban J connectivity index is 1.85. The van der Waals surface area contributed by atoms with Crippen molar-refractivity contribution in [2.75, 3.05) is 27.4 Å². The second-order valence-corrected chi connectivity index (χ2v) is 5.02. The molecule has 1 heterocycles. The summed E-state index contributed by atoms with van der Waals surface area (Å²) in [7, 11) is 3.13. The molecular formula is C15H17NO4S. The van der Waals surface area contributed by atoms with E-state index in [4.69, 9.17) is 14.2 Å². The summed E-state index contributed by atoms with van der Waals surface area (Å²) in [6, 6.07) is 9.04. The molecule has 112 valence electrons. The van der Waals surface area contributed by atoms with Crippen LogP contribution in [-0.4, -0.2) is 33.3 Å². The molecule has 21 heavy (non-hydrogen) atoms. The molecule has 0 fully saturated rings. The highest BCUT2D eigenvalue weighted by atomic mass is 32.1. The Bertz CT molecular complexity index is 583. The third-order valence-electron chi connectivity index (χ3n) is 2.76. The molecule has 0 unspecified atom stereocenters. The van der Waals surface area contributed by atoms with Gasteiger partial charge in [-0.1, -0.05) is 12.1 Å². The van der Waals surface area contributed by atoms with Gasteiger partial charge < -0.3 is 19.5 Å². The summed E-state index contributed by atoms with van der Waals surface area (Å²) in [6.07, 6.45) is 0. The van der Waals surface area contributed by atoms with E-state index >= 15 is 0 Å². The van der Waals surface area contributed by atoms with Crippen LogP contribution in [0.4, 0.5) is 0 Å². The molecule has 0 spiro atoms. The molecular weight excluding hydrogens is 290 g/mol. The van der Waals surface area contributed by atoms with Gasteiger partial charge in [0.15, 0.2) is 11.5 Å². The number of methoxy groups -OCH3 is 2. The maximum Gasteiger partial charge on any atom is 0.261 e. The Kier molecular flexibility index (Phi) is 5.45. The van der Waals surface area contributed by atoms with E-state index in [-0.39, 0.29) is 5.91 Å². The maximum atomic E-state index is 11.7. The van der Waals surface area contributed by atoms with E-state index in [0.717, 1.165) is 0 Å². The molecule has 5 nitrogen and oxygen atoms in total. The fourth-order valence-corrected chi connectivity index (χ4v) is 2.43. The molecule has 0 aliphatic heterocycles. The number of ether oxygens (including phenoxy) is 3. The first kappa shape index (κ1) is 15.2. The van der Waals surface area contributed by atoms with Crippen molar-refractivity contribution in [2.24, 2.45) is 0 Å². The molecule has 1 aromatic heterocycles. The molecule has 0 radical (unpaired) electrons. The van der Waals surface area contributed by atoms with E-state index in [1.165, 1.54) is 11.3 Å². The van der Waals surface area contributed by atoms with Crippen LogP contribution >= 0.6 is 11.3 Å². The molecule has 0 saturated carbocycles. The van der Waals surface area contributed by atoms with E-state index in [1.807, 2.05) is 17.5 Å². The normalized spacial score (nSPS) is 10.0. The van der Waals surface area contributed by atoms with Crippen molar-refractivity contribution < 1.29 is 19.0 Å². The summed E-state index contributed by atoms with van der Waals surface area (Å²) >= 11 is 1.41. The highest BCUT2D eigenvalue weighted by Crippen LogP contribution is 2.36. The molecule has 1 aromatic carbocycles. The van der Waals surface area contributed by atoms with Gasteiger partial charge >= 0.3 is 0 Å². The Hall–Kier alpha value is -2.21. The van der Waals surface area contributed by atoms with Gasteiger partial charge in [0.25, 0.3) is 5.91 Å². The lowest BCUT2D eigenvalue weighted by Gasteiger charge is -2.13. The second-order valence-electron chi connectivity index (χ2n) is 4.07. The number of carbonyl (C=O) groups is 1. The molecule has 0 saturated heterocycles. The fraction of sp³-hybridized carbons (Fsp3) is 0.267. The van der Waals surface area contributed by atoms with Gasteiger partial charge in [0, 0.05) is 0 Å². The van der Waals surface area contributed by atoms with Crippen LogP contribution in [0.1, 0.15) is 9.67 Å². The number of rotatable bonds is 7. The molecule has 1 amide bonds. The minimum atomic E-state index is -0.0915. The number of thiophene rings is 1. The quantitative estimate of drug-likeness (QED) is 0.799. The summed E-state index contributed by atoms with van der Waals surface area (Å²) in [5.74, 6) is 1.65. The molecule has 1 N–H and O–H groups in total. The highest BCUT2D eigenvalue weighted by Gasteiger charge is 2.11. The zero-order valence-corrected chi connectivity index (χ0v) is 12.7. The molecule has 2 rings (SSSR count). The Morgan fingerprint density at radius 1 is 1.14 bits per heavy atom. The third kappa shape index (κ3) is 3.88. The molecule has 0 atom stereocenters. The number of nitrogens with one attached hydrogen (secondary N) is 1. The number of para-hydroxylation sites is 1. The van der Waals surface area contributed by atoms with Gasteiger partial charge in [-0.2, -0.15) is 0 Å². The first-order chi connectivity index (χ1) is 10.3. The van der Waals surface area contributed by atoms with E-state index in [2.05, 4.69) is 5.32 Å². The largest absolute Gasteiger partial charge is 0.493 e. The fourth-order valence-electron chi connectivity index (χ4n) is 1.79. The van der Waals surface area contributed by atoms with Crippen molar-refractivity contribution >= 4 is 17.2 Å². The van der Waals surface area contributed by atoms with Crippen molar-refractivity contribution in [3.63, 3.8) is 0 Å². The molecule has 0 aliphatic carbocycles. The summed E-state index contributed by atoms with van der Waals surface area (Å²) < 4.78 is 16.1. The topological polar surface area (TPSA) is 56.8 Å². The van der Waals surface area contributed by atoms with Crippen molar-refractivity contribution in [1.82, 2.24) is 5.32 Å². The number of benzene rings is 1. The third-order valence-corrected chi connectivity index (χ3v) is 3.63. The first-order valence-corrected chi connectivity index (χ1v) is 7.29. The Labute approximate surface area is 127 Å². The van der Waals surface area contributed by atoms with E-state index in [1.54, 1.807) is 32.4 Å². The highest BCUT2D eigenvalue weighted by molar-refractivity contribution is 7.12. The van der Waals surface area contributed by atoms with Gasteiger partial charge in [-0.05, 0) is 23.6 Å². The number of amides is 1. The van der Waals surface area contributed by atoms with Crippen LogP contribution < -0.4 is 19.5 Å². The summed E-state index contributed by atoms with van der Waals surface area (Å²) in [5, 5.41) is 4.66. The van der Waals surface area contributed by atoms with Crippen LogP contribution in [0.2, 0.25) is 0 Å². The number of hydrogen-bond acceptors (Lipinski definition) is 5. The van der Waals surface area contributed by atoms with Gasteiger partial charge in [-0.25, -0.2) is 0 Å². The Morgan fingerprint density at radius 3 is 2.62 bits per heavy atom. The first-order valence-electron chi connectivity index (χ1n) is 6.41. The predicted molar refractivity (Wildman–Crippen MR) is 81.7 cm³/mol. The second kappa shape index (κ2) is 7.54. The van der Waals surface area contributed by atoms with Crippen LogP contribution in [-0.2, 0) is 0 Å². The van der Waals surface area contributed by atoms with E-state index in [9.17, 15) is 4.79 Å². The lowest BCUT2D eigenvalue weighted by molar-refractivity contribution is 0.0951. The van der Waals surface area contributed by atoms with Gasteiger partial charge in [0.05, 0.1) is 25.6 Å². The van der Waals surface area contributed by atoms with Crippen LogP contribution in [0, 0.1) is 0 Å². The van der Waals surface area contributed by atoms with Crippen molar-refractivity contribution in [3.8, 4) is 17.2 Å². The van der Waals surface area contributed by atoms with Crippen LogP contribution in [0.15, 0.2) is 35.7 Å². The molecule has 0 aliphatic rings. The lowest BCUT2D eigenvalue weighted by atomic mass is 10.3. The summed E-state index contributed by atoms with van der Waals surface area (Å²) in [4.78, 5) is 12.4. The Morgan fingerprint density at radius 2 is 1.95 bits per heavy atom. The summed E-state index contributed by atoms with van der Waals surface area (Å²) in [6.45, 7) is 0.762. The smallest absolute Gasteiger partial charge is 0.261 e. The number of hydrogen-bond donors (Lipinski definition) is 1. The minimum absolute atomic E-state index is 0.0915. The minimum Gasteiger partial charge on any atom is -0.493 e. The van der Waals surface area contributed by atoms with Crippen LogP contribution in [0.3, 0.4) is 0 Å². The lowest BCUT2D eigenvalue weighted by Crippen LogP contribution is -2.27. The predicted octanol–water partition coefficient (Wildman–Crippen LogP) is 2.57. The average molecular weight is 307 g/mol. The average Bonchev–Trinajstić information content (AvgIpc) is 3.05. The monoisotopic (exact) mass is 307 g/mol. The van der Waals surface area contributed by atoms with Crippen LogP contribution in [0.25, 0.3) is 0 Å². The van der Waals surface area contributed by atoms with Gasteiger partial charge in [0.1, 0.15) is 6.61 Å². The number of carbonyl (C=O) groups excluding carboxylic acids is 1. The van der Waals surface area contributed by atoms with Crippen molar-refractivity contribution in [2.45, 2.75) is 0 Å². The van der Waals surface area contributed by atoms with E-state index < -0.39 is 0 Å². The molecule has 2 aromatic rings. The molecule has 0 bridgehead atoms. The van der Waals surface area contributed by atoms with E-state index in [0.29, 0.717) is 35.3 Å². The van der Waals surface area contributed by atoms with Crippen molar-refractivity contribution in [1.29, 1.82) is 0 Å². The van der Waals surface area contributed by atoms with Gasteiger partial charge in [0.2, 0.25) is 5.75 Å². The van der Waals surface area contributed by atoms with Gasteiger partial charge in [-0.15, -0.1) is 11.3 Å². The maximum absolute atomic E-state index is 11.7.